The number of hydrogen-bond donors (Lipinski definition) is 1. The standard InChI is InChI=1S/C17H22N2O2/c1-11(15-10-12-7-8-13(15)9-12)18-19-17(20)14-5-3-4-6-16(14)21-2/h3-6,12-13,15H,7-10H2,1-2H3,(H,19,20). The van der Waals surface area contributed by atoms with E-state index >= 15 is 0 Å². The van der Waals surface area contributed by atoms with E-state index in [1.165, 1.54) is 25.7 Å². The Hall–Kier alpha value is -1.84. The van der Waals surface area contributed by atoms with Gasteiger partial charge in [-0.15, -0.1) is 0 Å². The van der Waals surface area contributed by atoms with Crippen molar-refractivity contribution in [1.29, 1.82) is 0 Å². The van der Waals surface area contributed by atoms with E-state index in [1.807, 2.05) is 19.1 Å². The van der Waals surface area contributed by atoms with E-state index in [0.717, 1.165) is 17.5 Å². The molecule has 1 N–H and O–H groups in total. The van der Waals surface area contributed by atoms with Crippen molar-refractivity contribution in [3.63, 3.8) is 0 Å². The Bertz CT molecular complexity index is 568. The number of ether oxygens (including phenoxy) is 1. The summed E-state index contributed by atoms with van der Waals surface area (Å²) in [6.45, 7) is 2.04. The van der Waals surface area contributed by atoms with Crippen LogP contribution in [0.5, 0.6) is 5.75 Å². The largest absolute Gasteiger partial charge is 0.496 e. The minimum atomic E-state index is -0.213. The summed E-state index contributed by atoms with van der Waals surface area (Å²) in [5.41, 5.74) is 4.26. The predicted molar refractivity (Wildman–Crippen MR) is 82.5 cm³/mol. The molecular weight excluding hydrogens is 264 g/mol. The van der Waals surface area contributed by atoms with Gasteiger partial charge in [-0.25, -0.2) is 5.43 Å². The Morgan fingerprint density at radius 3 is 2.76 bits per heavy atom. The molecule has 0 heterocycles. The third-order valence-corrected chi connectivity index (χ3v) is 4.96. The van der Waals surface area contributed by atoms with Crippen molar-refractivity contribution < 1.29 is 9.53 Å². The average Bonchev–Trinajstić information content (AvgIpc) is 3.15. The Labute approximate surface area is 125 Å². The number of para-hydroxylation sites is 1. The molecule has 21 heavy (non-hydrogen) atoms. The van der Waals surface area contributed by atoms with Gasteiger partial charge in [0.1, 0.15) is 5.75 Å². The van der Waals surface area contributed by atoms with E-state index < -0.39 is 0 Å². The van der Waals surface area contributed by atoms with Gasteiger partial charge in [0.15, 0.2) is 0 Å². The highest BCUT2D eigenvalue weighted by Gasteiger charge is 2.40. The molecule has 2 aliphatic carbocycles. The number of methoxy groups -OCH3 is 1. The van der Waals surface area contributed by atoms with Gasteiger partial charge < -0.3 is 4.74 Å². The molecule has 2 bridgehead atoms. The minimum absolute atomic E-state index is 0.213. The maximum absolute atomic E-state index is 12.2. The van der Waals surface area contributed by atoms with Crippen molar-refractivity contribution in [2.24, 2.45) is 22.9 Å². The number of carbonyl (C=O) groups excluding carboxylic acids is 1. The van der Waals surface area contributed by atoms with Crippen LogP contribution >= 0.6 is 0 Å². The van der Waals surface area contributed by atoms with Crippen molar-refractivity contribution in [2.45, 2.75) is 32.6 Å². The van der Waals surface area contributed by atoms with Crippen molar-refractivity contribution in [2.75, 3.05) is 7.11 Å². The molecule has 0 spiro atoms. The molecule has 0 radical (unpaired) electrons. The molecule has 3 rings (SSSR count). The van der Waals surface area contributed by atoms with Gasteiger partial charge in [-0.1, -0.05) is 18.6 Å². The molecule has 3 atom stereocenters. The van der Waals surface area contributed by atoms with Gasteiger partial charge in [-0.2, -0.15) is 5.10 Å². The molecule has 112 valence electrons. The lowest BCUT2D eigenvalue weighted by Crippen LogP contribution is -2.24. The lowest BCUT2D eigenvalue weighted by molar-refractivity contribution is 0.0951. The number of nitrogens with one attached hydrogen (secondary N) is 1. The number of fused-ring (bicyclic) bond motifs is 2. The average molecular weight is 286 g/mol. The first-order chi connectivity index (χ1) is 10.2. The fourth-order valence-electron chi connectivity index (χ4n) is 3.87. The molecule has 1 aromatic rings. The van der Waals surface area contributed by atoms with Crippen LogP contribution in [0.25, 0.3) is 0 Å². The molecule has 4 heteroatoms. The first-order valence-corrected chi connectivity index (χ1v) is 7.66. The van der Waals surface area contributed by atoms with Gasteiger partial charge in [-0.3, -0.25) is 4.79 Å². The van der Waals surface area contributed by atoms with Crippen LogP contribution in [0.3, 0.4) is 0 Å². The summed E-state index contributed by atoms with van der Waals surface area (Å²) in [5, 5.41) is 4.34. The fourth-order valence-corrected chi connectivity index (χ4v) is 3.87. The molecular formula is C17H22N2O2. The van der Waals surface area contributed by atoms with Gasteiger partial charge in [0, 0.05) is 11.6 Å². The second kappa shape index (κ2) is 5.88. The monoisotopic (exact) mass is 286 g/mol. The van der Waals surface area contributed by atoms with Gasteiger partial charge in [0.25, 0.3) is 5.91 Å². The topological polar surface area (TPSA) is 50.7 Å². The third kappa shape index (κ3) is 2.80. The second-order valence-electron chi connectivity index (χ2n) is 6.18. The fraction of sp³-hybridized carbons (Fsp3) is 0.529. The van der Waals surface area contributed by atoms with Crippen molar-refractivity contribution in [1.82, 2.24) is 5.43 Å². The zero-order chi connectivity index (χ0) is 14.8. The summed E-state index contributed by atoms with van der Waals surface area (Å²) in [6.07, 6.45) is 5.28. The zero-order valence-electron chi connectivity index (χ0n) is 12.6. The highest BCUT2D eigenvalue weighted by molar-refractivity contribution is 5.97. The predicted octanol–water partition coefficient (Wildman–Crippen LogP) is 3.24. The summed E-state index contributed by atoms with van der Waals surface area (Å²) < 4.78 is 5.20. The van der Waals surface area contributed by atoms with Gasteiger partial charge in [0.2, 0.25) is 0 Å². The SMILES string of the molecule is COc1ccccc1C(=O)NN=C(C)C1CC2CCC1C2. The van der Waals surface area contributed by atoms with E-state index in [9.17, 15) is 4.79 Å². The van der Waals surface area contributed by atoms with Crippen LogP contribution in [0.2, 0.25) is 0 Å². The van der Waals surface area contributed by atoms with E-state index in [1.54, 1.807) is 19.2 Å². The number of rotatable bonds is 4. The summed E-state index contributed by atoms with van der Waals surface area (Å²) in [7, 11) is 1.57. The number of amides is 1. The molecule has 3 unspecified atom stereocenters. The van der Waals surface area contributed by atoms with Crippen LogP contribution in [-0.2, 0) is 0 Å². The lowest BCUT2D eigenvalue weighted by atomic mass is 9.86. The van der Waals surface area contributed by atoms with Gasteiger partial charge >= 0.3 is 0 Å². The van der Waals surface area contributed by atoms with Crippen LogP contribution in [0.15, 0.2) is 29.4 Å². The number of carbonyl (C=O) groups is 1. The molecule has 1 aromatic carbocycles. The summed E-state index contributed by atoms with van der Waals surface area (Å²) >= 11 is 0. The van der Waals surface area contributed by atoms with E-state index in [0.29, 0.717) is 17.2 Å². The van der Waals surface area contributed by atoms with Crippen molar-refractivity contribution >= 4 is 11.6 Å². The van der Waals surface area contributed by atoms with Crippen LogP contribution in [0.4, 0.5) is 0 Å². The van der Waals surface area contributed by atoms with Crippen LogP contribution in [0.1, 0.15) is 43.0 Å². The first-order valence-electron chi connectivity index (χ1n) is 7.66. The third-order valence-electron chi connectivity index (χ3n) is 4.96. The molecule has 2 aliphatic rings. The van der Waals surface area contributed by atoms with Crippen LogP contribution < -0.4 is 10.2 Å². The van der Waals surface area contributed by atoms with E-state index in [-0.39, 0.29) is 5.91 Å². The molecule has 2 saturated carbocycles. The summed E-state index contributed by atoms with van der Waals surface area (Å²) in [4.78, 5) is 12.2. The molecule has 2 fully saturated rings. The Morgan fingerprint density at radius 1 is 1.29 bits per heavy atom. The van der Waals surface area contributed by atoms with E-state index in [2.05, 4.69) is 10.5 Å². The van der Waals surface area contributed by atoms with Gasteiger partial charge in [0.05, 0.1) is 12.7 Å². The van der Waals surface area contributed by atoms with Crippen molar-refractivity contribution in [3.05, 3.63) is 29.8 Å². The quantitative estimate of drug-likeness (QED) is 0.682. The maximum atomic E-state index is 12.2. The number of benzene rings is 1. The highest BCUT2D eigenvalue weighted by atomic mass is 16.5. The molecule has 0 aliphatic heterocycles. The Morgan fingerprint density at radius 2 is 2.10 bits per heavy atom. The maximum Gasteiger partial charge on any atom is 0.275 e. The van der Waals surface area contributed by atoms with E-state index in [4.69, 9.17) is 4.74 Å². The van der Waals surface area contributed by atoms with Crippen LogP contribution in [0, 0.1) is 17.8 Å². The minimum Gasteiger partial charge on any atom is -0.496 e. The number of hydrogen-bond acceptors (Lipinski definition) is 3. The zero-order valence-corrected chi connectivity index (χ0v) is 12.6. The smallest absolute Gasteiger partial charge is 0.275 e. The van der Waals surface area contributed by atoms with Gasteiger partial charge in [-0.05, 0) is 50.2 Å². The van der Waals surface area contributed by atoms with Crippen molar-refractivity contribution in [3.8, 4) is 5.75 Å². The Balaban J connectivity index is 1.66. The molecule has 0 aromatic heterocycles. The molecule has 1 amide bonds. The summed E-state index contributed by atoms with van der Waals surface area (Å²) in [5.74, 6) is 2.58. The first kappa shape index (κ1) is 14.1. The van der Waals surface area contributed by atoms with Crippen LogP contribution in [-0.4, -0.2) is 18.7 Å². The highest BCUT2D eigenvalue weighted by Crippen LogP contribution is 2.48. The number of hydrazone groups is 1. The molecule has 0 saturated heterocycles. The second-order valence-corrected chi connectivity index (χ2v) is 6.18. The lowest BCUT2D eigenvalue weighted by Gasteiger charge is -2.21. The Kier molecular flexibility index (Phi) is 3.95. The normalized spacial score (nSPS) is 27.7. The number of nitrogens with zero attached hydrogens (tertiary/aromatic N) is 1. The summed E-state index contributed by atoms with van der Waals surface area (Å²) in [6, 6.07) is 7.20. The molecule has 4 nitrogen and oxygen atoms in total.